The largest absolute Gasteiger partial charge is 0.498 e. The van der Waals surface area contributed by atoms with Gasteiger partial charge in [0.05, 0.1) is 11.9 Å². The summed E-state index contributed by atoms with van der Waals surface area (Å²) in [7, 11) is 0. The van der Waals surface area contributed by atoms with Crippen LogP contribution in [0.3, 0.4) is 0 Å². The first kappa shape index (κ1) is 9.71. The van der Waals surface area contributed by atoms with E-state index in [0.29, 0.717) is 11.8 Å². The van der Waals surface area contributed by atoms with Crippen molar-refractivity contribution in [2.75, 3.05) is 0 Å². The Hall–Kier alpha value is -0.500. The summed E-state index contributed by atoms with van der Waals surface area (Å²) < 4.78 is 5.62. The molecule has 0 aromatic carbocycles. The molecule has 0 saturated heterocycles. The highest BCUT2D eigenvalue weighted by molar-refractivity contribution is 5.06. The van der Waals surface area contributed by atoms with Crippen molar-refractivity contribution in [3.05, 3.63) is 12.8 Å². The minimum absolute atomic E-state index is 0.229. The molecule has 0 radical (unpaired) electrons. The Labute approximate surface area is 91.3 Å². The Bertz CT molecular complexity index is 272. The second-order valence-corrected chi connectivity index (χ2v) is 5.74. The van der Waals surface area contributed by atoms with Crippen molar-refractivity contribution in [3.8, 4) is 0 Å². The minimum Gasteiger partial charge on any atom is -0.498 e. The zero-order chi connectivity index (χ0) is 10.5. The molecule has 3 fully saturated rings. The van der Waals surface area contributed by atoms with Gasteiger partial charge in [-0.2, -0.15) is 0 Å². The molecule has 3 rings (SSSR count). The molecule has 3 bridgehead atoms. The van der Waals surface area contributed by atoms with E-state index in [1.807, 2.05) is 0 Å². The molecule has 3 aliphatic carbocycles. The van der Waals surface area contributed by atoms with Gasteiger partial charge in [-0.25, -0.2) is 0 Å². The van der Waals surface area contributed by atoms with Gasteiger partial charge in [-0.15, -0.1) is 0 Å². The predicted octanol–water partition coefficient (Wildman–Crippen LogP) is 2.48. The van der Waals surface area contributed by atoms with Gasteiger partial charge >= 0.3 is 0 Å². The molecular weight excluding hydrogens is 188 g/mol. The molecule has 5 unspecified atom stereocenters. The van der Waals surface area contributed by atoms with Crippen LogP contribution in [0, 0.1) is 17.8 Å². The summed E-state index contributed by atoms with van der Waals surface area (Å²) in [6.07, 6.45) is 8.71. The SMILES string of the molecule is C=COC1CC2CC3CCC1C(O)(C3)C2. The third kappa shape index (κ3) is 1.42. The molecule has 3 saturated carbocycles. The lowest BCUT2D eigenvalue weighted by Gasteiger charge is -2.56. The summed E-state index contributed by atoms with van der Waals surface area (Å²) >= 11 is 0. The van der Waals surface area contributed by atoms with Crippen molar-refractivity contribution in [1.29, 1.82) is 0 Å². The highest BCUT2D eigenvalue weighted by Gasteiger charge is 2.54. The maximum absolute atomic E-state index is 10.7. The molecule has 5 atom stereocenters. The van der Waals surface area contributed by atoms with E-state index in [4.69, 9.17) is 4.74 Å². The highest BCUT2D eigenvalue weighted by atomic mass is 16.5. The Morgan fingerprint density at radius 2 is 2.00 bits per heavy atom. The van der Waals surface area contributed by atoms with E-state index in [0.717, 1.165) is 31.6 Å². The standard InChI is InChI=1S/C13H20O2/c1-2-15-12-6-10-5-9-3-4-11(12)13(14,7-9)8-10/h2,9-12,14H,1,3-8H2. The van der Waals surface area contributed by atoms with Crippen molar-refractivity contribution < 1.29 is 9.84 Å². The molecule has 0 aromatic heterocycles. The number of fused-ring (bicyclic) bond motifs is 2. The third-order valence-electron chi connectivity index (χ3n) is 4.81. The molecule has 3 aliphatic rings. The quantitative estimate of drug-likeness (QED) is 0.706. The highest BCUT2D eigenvalue weighted by Crippen LogP contribution is 2.55. The van der Waals surface area contributed by atoms with Crippen molar-refractivity contribution in [2.24, 2.45) is 17.8 Å². The van der Waals surface area contributed by atoms with Crippen LogP contribution in [0.25, 0.3) is 0 Å². The number of rotatable bonds is 2. The molecule has 1 N–H and O–H groups in total. The van der Waals surface area contributed by atoms with Gasteiger partial charge in [-0.1, -0.05) is 6.58 Å². The normalized spacial score (nSPS) is 52.6. The van der Waals surface area contributed by atoms with Crippen molar-refractivity contribution >= 4 is 0 Å². The van der Waals surface area contributed by atoms with Crippen molar-refractivity contribution in [2.45, 2.75) is 50.2 Å². The first-order chi connectivity index (χ1) is 7.21. The maximum atomic E-state index is 10.7. The number of ether oxygens (including phenoxy) is 1. The van der Waals surface area contributed by atoms with Crippen LogP contribution in [0.2, 0.25) is 0 Å². The van der Waals surface area contributed by atoms with Crippen molar-refractivity contribution in [1.82, 2.24) is 0 Å². The van der Waals surface area contributed by atoms with Gasteiger partial charge in [0.2, 0.25) is 0 Å². The monoisotopic (exact) mass is 208 g/mol. The van der Waals surface area contributed by atoms with Crippen LogP contribution in [0.5, 0.6) is 0 Å². The van der Waals surface area contributed by atoms with E-state index >= 15 is 0 Å². The molecular formula is C13H20O2. The Kier molecular flexibility index (Phi) is 2.10. The lowest BCUT2D eigenvalue weighted by atomic mass is 9.54. The third-order valence-corrected chi connectivity index (χ3v) is 4.81. The van der Waals surface area contributed by atoms with Crippen LogP contribution >= 0.6 is 0 Å². The fourth-order valence-electron chi connectivity index (χ4n) is 4.41. The van der Waals surface area contributed by atoms with Crippen LogP contribution in [0.15, 0.2) is 12.8 Å². The van der Waals surface area contributed by atoms with E-state index in [-0.39, 0.29) is 6.10 Å². The fraction of sp³-hybridized carbons (Fsp3) is 0.846. The van der Waals surface area contributed by atoms with Crippen LogP contribution in [0.1, 0.15) is 38.5 Å². The lowest BCUT2D eigenvalue weighted by molar-refractivity contribution is -0.179. The van der Waals surface area contributed by atoms with Crippen molar-refractivity contribution in [3.63, 3.8) is 0 Å². The smallest absolute Gasteiger partial charge is 0.104 e. The van der Waals surface area contributed by atoms with E-state index in [1.165, 1.54) is 12.8 Å². The minimum atomic E-state index is -0.405. The van der Waals surface area contributed by atoms with Gasteiger partial charge in [0.15, 0.2) is 0 Å². The fourth-order valence-corrected chi connectivity index (χ4v) is 4.41. The summed E-state index contributed by atoms with van der Waals surface area (Å²) in [5, 5.41) is 10.7. The van der Waals surface area contributed by atoms with E-state index in [1.54, 1.807) is 6.26 Å². The average molecular weight is 208 g/mol. The zero-order valence-electron chi connectivity index (χ0n) is 9.19. The molecule has 15 heavy (non-hydrogen) atoms. The van der Waals surface area contributed by atoms with Gasteiger partial charge in [-0.05, 0) is 50.4 Å². The Morgan fingerprint density at radius 3 is 2.80 bits per heavy atom. The number of hydrogen-bond acceptors (Lipinski definition) is 2. The maximum Gasteiger partial charge on any atom is 0.104 e. The van der Waals surface area contributed by atoms with Gasteiger partial charge in [-0.3, -0.25) is 0 Å². The summed E-state index contributed by atoms with van der Waals surface area (Å²) in [6, 6.07) is 0. The Balaban J connectivity index is 1.88. The number of aliphatic hydroxyl groups is 1. The second kappa shape index (κ2) is 3.24. The van der Waals surface area contributed by atoms with Gasteiger partial charge in [0.1, 0.15) is 6.10 Å². The number of hydrogen-bond donors (Lipinski definition) is 1. The molecule has 0 aliphatic heterocycles. The topological polar surface area (TPSA) is 29.5 Å². The first-order valence-electron chi connectivity index (χ1n) is 6.20. The van der Waals surface area contributed by atoms with Crippen LogP contribution in [-0.4, -0.2) is 16.8 Å². The van der Waals surface area contributed by atoms with E-state index < -0.39 is 5.60 Å². The van der Waals surface area contributed by atoms with E-state index in [2.05, 4.69) is 6.58 Å². The second-order valence-electron chi connectivity index (χ2n) is 5.74. The lowest BCUT2D eigenvalue weighted by Crippen LogP contribution is -2.57. The van der Waals surface area contributed by atoms with E-state index in [9.17, 15) is 5.11 Å². The Morgan fingerprint density at radius 1 is 1.20 bits per heavy atom. The van der Waals surface area contributed by atoms with Gasteiger partial charge in [0.25, 0.3) is 0 Å². The molecule has 0 aromatic rings. The summed E-state index contributed by atoms with van der Waals surface area (Å²) in [6.45, 7) is 3.65. The summed E-state index contributed by atoms with van der Waals surface area (Å²) in [4.78, 5) is 0. The molecule has 2 nitrogen and oxygen atoms in total. The molecule has 0 spiro atoms. The van der Waals surface area contributed by atoms with Crippen LogP contribution in [-0.2, 0) is 4.74 Å². The summed E-state index contributed by atoms with van der Waals surface area (Å²) in [5.74, 6) is 1.84. The molecule has 0 heterocycles. The first-order valence-corrected chi connectivity index (χ1v) is 6.20. The molecule has 84 valence electrons. The van der Waals surface area contributed by atoms with Gasteiger partial charge in [0, 0.05) is 5.92 Å². The molecule has 2 heteroatoms. The predicted molar refractivity (Wildman–Crippen MR) is 58.2 cm³/mol. The summed E-state index contributed by atoms with van der Waals surface area (Å²) in [5.41, 5.74) is -0.405. The average Bonchev–Trinajstić information content (AvgIpc) is 2.13. The van der Waals surface area contributed by atoms with Crippen LogP contribution in [0.4, 0.5) is 0 Å². The zero-order valence-corrected chi connectivity index (χ0v) is 9.19. The van der Waals surface area contributed by atoms with Gasteiger partial charge < -0.3 is 9.84 Å². The van der Waals surface area contributed by atoms with Crippen LogP contribution < -0.4 is 0 Å². The molecule has 0 amide bonds.